The Bertz CT molecular complexity index is 659. The predicted octanol–water partition coefficient (Wildman–Crippen LogP) is 0.735. The maximum atomic E-state index is 12.2. The van der Waals surface area contributed by atoms with Crippen LogP contribution >= 0.6 is 11.3 Å². The summed E-state index contributed by atoms with van der Waals surface area (Å²) in [5.41, 5.74) is 5.86. The molecular formula is C11H14N4O2S. The summed E-state index contributed by atoms with van der Waals surface area (Å²) >= 11 is 1.47. The van der Waals surface area contributed by atoms with Gasteiger partial charge in [0.1, 0.15) is 0 Å². The number of nitrogens with two attached hydrogens (primary N) is 1. The van der Waals surface area contributed by atoms with Gasteiger partial charge in [0.05, 0.1) is 5.39 Å². The van der Waals surface area contributed by atoms with Crippen molar-refractivity contribution in [1.29, 1.82) is 0 Å². The van der Waals surface area contributed by atoms with Gasteiger partial charge in [-0.05, 0) is 25.8 Å². The summed E-state index contributed by atoms with van der Waals surface area (Å²) in [7, 11) is 0. The molecule has 1 amide bonds. The van der Waals surface area contributed by atoms with Gasteiger partial charge in [-0.2, -0.15) is 0 Å². The Morgan fingerprint density at radius 2 is 2.17 bits per heavy atom. The van der Waals surface area contributed by atoms with Crippen molar-refractivity contribution in [3.8, 4) is 0 Å². The average Bonchev–Trinajstić information content (AvgIpc) is 2.58. The van der Waals surface area contributed by atoms with Crippen LogP contribution in [0.2, 0.25) is 0 Å². The number of nitrogens with zero attached hydrogens (tertiary/aromatic N) is 3. The van der Waals surface area contributed by atoms with Crippen LogP contribution in [0.3, 0.4) is 0 Å². The quantitative estimate of drug-likeness (QED) is 0.883. The highest BCUT2D eigenvalue weighted by Crippen LogP contribution is 2.24. The Balaban J connectivity index is 2.36. The number of carbonyl (C=O) groups excluding carboxylic acids is 1. The highest BCUT2D eigenvalue weighted by molar-refractivity contribution is 7.18. The minimum atomic E-state index is -0.375. The van der Waals surface area contributed by atoms with Crippen molar-refractivity contribution in [3.63, 3.8) is 0 Å². The van der Waals surface area contributed by atoms with E-state index in [1.165, 1.54) is 16.0 Å². The van der Waals surface area contributed by atoms with Gasteiger partial charge in [-0.3, -0.25) is 9.59 Å². The highest BCUT2D eigenvalue weighted by Gasteiger charge is 2.12. The van der Waals surface area contributed by atoms with Crippen molar-refractivity contribution >= 4 is 27.5 Å². The maximum Gasteiger partial charge on any atom is 0.278 e. The van der Waals surface area contributed by atoms with Gasteiger partial charge < -0.3 is 5.73 Å². The Morgan fingerprint density at radius 1 is 1.44 bits per heavy atom. The van der Waals surface area contributed by atoms with E-state index in [4.69, 9.17) is 5.73 Å². The maximum absolute atomic E-state index is 12.2. The Kier molecular flexibility index (Phi) is 3.42. The van der Waals surface area contributed by atoms with Gasteiger partial charge in [-0.15, -0.1) is 16.4 Å². The van der Waals surface area contributed by atoms with Gasteiger partial charge in [0.2, 0.25) is 5.91 Å². The SMILES string of the molecule is Cc1sc2nnn(CCCC(N)=O)c(=O)c2c1C. The van der Waals surface area contributed by atoms with E-state index in [1.54, 1.807) is 0 Å². The molecule has 0 aliphatic carbocycles. The average molecular weight is 266 g/mol. The van der Waals surface area contributed by atoms with Crippen molar-refractivity contribution in [3.05, 3.63) is 20.8 Å². The Hall–Kier alpha value is -1.76. The normalized spacial score (nSPS) is 11.0. The molecule has 2 rings (SSSR count). The largest absolute Gasteiger partial charge is 0.370 e. The third-order valence-corrected chi connectivity index (χ3v) is 3.94. The summed E-state index contributed by atoms with van der Waals surface area (Å²) in [5, 5.41) is 8.54. The van der Waals surface area contributed by atoms with Crippen LogP contribution in [-0.2, 0) is 11.3 Å². The fraction of sp³-hybridized carbons (Fsp3) is 0.455. The minimum absolute atomic E-state index is 0.147. The molecule has 96 valence electrons. The van der Waals surface area contributed by atoms with Crippen LogP contribution in [0.5, 0.6) is 0 Å². The summed E-state index contributed by atoms with van der Waals surface area (Å²) in [6.45, 7) is 4.22. The molecule has 18 heavy (non-hydrogen) atoms. The van der Waals surface area contributed by atoms with Crippen molar-refractivity contribution in [1.82, 2.24) is 15.0 Å². The number of primary amides is 1. The van der Waals surface area contributed by atoms with E-state index < -0.39 is 0 Å². The number of rotatable bonds is 4. The number of thiophene rings is 1. The van der Waals surface area contributed by atoms with E-state index >= 15 is 0 Å². The zero-order chi connectivity index (χ0) is 13.3. The molecule has 0 spiro atoms. The molecule has 2 aromatic rings. The van der Waals surface area contributed by atoms with E-state index in [0.29, 0.717) is 23.2 Å². The first-order valence-electron chi connectivity index (χ1n) is 5.62. The second-order valence-corrected chi connectivity index (χ2v) is 5.35. The molecule has 7 heteroatoms. The fourth-order valence-electron chi connectivity index (χ4n) is 1.74. The molecule has 0 aliphatic heterocycles. The summed E-state index contributed by atoms with van der Waals surface area (Å²) < 4.78 is 1.30. The van der Waals surface area contributed by atoms with Gasteiger partial charge in [-0.25, -0.2) is 4.68 Å². The van der Waals surface area contributed by atoms with Crippen LogP contribution in [0.25, 0.3) is 10.2 Å². The summed E-state index contributed by atoms with van der Waals surface area (Å²) in [4.78, 5) is 24.6. The summed E-state index contributed by atoms with van der Waals surface area (Å²) in [5.74, 6) is -0.375. The first-order chi connectivity index (χ1) is 8.50. The van der Waals surface area contributed by atoms with E-state index in [2.05, 4.69) is 10.3 Å². The molecule has 0 saturated carbocycles. The number of hydrogen-bond acceptors (Lipinski definition) is 5. The summed E-state index contributed by atoms with van der Waals surface area (Å²) in [6.07, 6.45) is 0.741. The van der Waals surface area contributed by atoms with Crippen LogP contribution in [-0.4, -0.2) is 20.9 Å². The molecule has 0 bridgehead atoms. The highest BCUT2D eigenvalue weighted by atomic mass is 32.1. The van der Waals surface area contributed by atoms with E-state index in [9.17, 15) is 9.59 Å². The first kappa shape index (κ1) is 12.7. The van der Waals surface area contributed by atoms with Crippen LogP contribution in [0.4, 0.5) is 0 Å². The molecule has 2 N–H and O–H groups in total. The number of aryl methyl sites for hydroxylation is 3. The molecule has 2 heterocycles. The standard InChI is InChI=1S/C11H14N4O2S/c1-6-7(2)18-10-9(6)11(17)15(14-13-10)5-3-4-8(12)16/h3-5H2,1-2H3,(H2,12,16). The van der Waals surface area contributed by atoms with Crippen LogP contribution < -0.4 is 11.3 Å². The van der Waals surface area contributed by atoms with Crippen molar-refractivity contribution in [2.24, 2.45) is 5.73 Å². The number of carbonyl (C=O) groups is 1. The van der Waals surface area contributed by atoms with Crippen molar-refractivity contribution in [2.75, 3.05) is 0 Å². The molecule has 2 aromatic heterocycles. The molecule has 0 aromatic carbocycles. The Morgan fingerprint density at radius 3 is 2.83 bits per heavy atom. The fourth-order valence-corrected chi connectivity index (χ4v) is 2.71. The predicted molar refractivity (Wildman–Crippen MR) is 69.6 cm³/mol. The van der Waals surface area contributed by atoms with E-state index in [0.717, 1.165) is 10.4 Å². The van der Waals surface area contributed by atoms with Crippen LogP contribution in [0.1, 0.15) is 23.3 Å². The smallest absolute Gasteiger partial charge is 0.278 e. The zero-order valence-electron chi connectivity index (χ0n) is 10.3. The third kappa shape index (κ3) is 2.26. The van der Waals surface area contributed by atoms with E-state index in [-0.39, 0.29) is 17.9 Å². The first-order valence-corrected chi connectivity index (χ1v) is 6.44. The van der Waals surface area contributed by atoms with Crippen molar-refractivity contribution in [2.45, 2.75) is 33.2 Å². The second kappa shape index (κ2) is 4.85. The lowest BCUT2D eigenvalue weighted by Crippen LogP contribution is -2.25. The van der Waals surface area contributed by atoms with Crippen LogP contribution in [0.15, 0.2) is 4.79 Å². The third-order valence-electron chi connectivity index (χ3n) is 2.85. The van der Waals surface area contributed by atoms with Crippen LogP contribution in [0, 0.1) is 13.8 Å². The molecule has 0 saturated heterocycles. The monoisotopic (exact) mass is 266 g/mol. The molecule has 0 aliphatic rings. The molecule has 0 unspecified atom stereocenters. The van der Waals surface area contributed by atoms with Gasteiger partial charge in [0.15, 0.2) is 4.83 Å². The number of aromatic nitrogens is 3. The van der Waals surface area contributed by atoms with Gasteiger partial charge in [-0.1, -0.05) is 5.21 Å². The van der Waals surface area contributed by atoms with Gasteiger partial charge in [0, 0.05) is 17.8 Å². The lowest BCUT2D eigenvalue weighted by molar-refractivity contribution is -0.118. The second-order valence-electron chi connectivity index (χ2n) is 4.15. The zero-order valence-corrected chi connectivity index (χ0v) is 11.1. The van der Waals surface area contributed by atoms with Crippen molar-refractivity contribution < 1.29 is 4.79 Å². The minimum Gasteiger partial charge on any atom is -0.370 e. The van der Waals surface area contributed by atoms with E-state index in [1.807, 2.05) is 13.8 Å². The lowest BCUT2D eigenvalue weighted by atomic mass is 10.2. The molecule has 0 atom stereocenters. The number of amides is 1. The Labute approximate surface area is 107 Å². The number of hydrogen-bond donors (Lipinski definition) is 1. The lowest BCUT2D eigenvalue weighted by Gasteiger charge is -2.02. The molecule has 6 nitrogen and oxygen atoms in total. The topological polar surface area (TPSA) is 90.9 Å². The van der Waals surface area contributed by atoms with Gasteiger partial charge >= 0.3 is 0 Å². The molecule has 0 radical (unpaired) electrons. The molecular weight excluding hydrogens is 252 g/mol. The van der Waals surface area contributed by atoms with Gasteiger partial charge in [0.25, 0.3) is 5.56 Å². The molecule has 0 fully saturated rings. The number of fused-ring (bicyclic) bond motifs is 1. The summed E-state index contributed by atoms with van der Waals surface area (Å²) in [6, 6.07) is 0.